The van der Waals surface area contributed by atoms with E-state index in [0.29, 0.717) is 17.9 Å². The van der Waals surface area contributed by atoms with Crippen LogP contribution >= 0.6 is 11.3 Å². The molecule has 0 aliphatic rings. The maximum absolute atomic E-state index is 12.3. The van der Waals surface area contributed by atoms with Gasteiger partial charge in [0.15, 0.2) is 0 Å². The molecular weight excluding hydrogens is 309 g/mol. The van der Waals surface area contributed by atoms with Crippen LogP contribution in [-0.2, 0) is 0 Å². The van der Waals surface area contributed by atoms with Gasteiger partial charge >= 0.3 is 6.18 Å². The lowest BCUT2D eigenvalue weighted by molar-refractivity contribution is -0.115. The van der Waals surface area contributed by atoms with E-state index in [0.717, 1.165) is 0 Å². The standard InChI is InChI=1S/C11H15F3N4O2S/c1-3-17-9(20)7-6(15)5(8(19)16-2)10(21-7)18-4-11(12,13)14/h18H,3-4,15H2,1-2H3,(H,16,19)(H,17,20). The Labute approximate surface area is 122 Å². The fourth-order valence-electron chi connectivity index (χ4n) is 1.51. The van der Waals surface area contributed by atoms with Crippen LogP contribution in [0.3, 0.4) is 0 Å². The third kappa shape index (κ3) is 4.25. The van der Waals surface area contributed by atoms with Crippen LogP contribution in [0.4, 0.5) is 23.9 Å². The minimum atomic E-state index is -4.45. The second kappa shape index (κ2) is 6.66. The quantitative estimate of drug-likeness (QED) is 0.658. The van der Waals surface area contributed by atoms with Crippen molar-refractivity contribution in [2.45, 2.75) is 13.1 Å². The minimum Gasteiger partial charge on any atom is -0.397 e. The van der Waals surface area contributed by atoms with Gasteiger partial charge in [-0.3, -0.25) is 9.59 Å². The molecule has 0 saturated carbocycles. The summed E-state index contributed by atoms with van der Waals surface area (Å²) in [7, 11) is 1.32. The first-order valence-electron chi connectivity index (χ1n) is 5.94. The normalized spacial score (nSPS) is 11.1. The average Bonchev–Trinajstić information content (AvgIpc) is 2.72. The van der Waals surface area contributed by atoms with E-state index in [9.17, 15) is 22.8 Å². The van der Waals surface area contributed by atoms with E-state index < -0.39 is 24.5 Å². The molecule has 1 heterocycles. The predicted octanol–water partition coefficient (Wildman–Crippen LogP) is 1.41. The molecule has 1 aromatic heterocycles. The lowest BCUT2D eigenvalue weighted by Crippen LogP contribution is -2.24. The van der Waals surface area contributed by atoms with Gasteiger partial charge in [-0.05, 0) is 6.92 Å². The molecule has 21 heavy (non-hydrogen) atoms. The van der Waals surface area contributed by atoms with Crippen molar-refractivity contribution in [3.63, 3.8) is 0 Å². The third-order valence-electron chi connectivity index (χ3n) is 2.39. The van der Waals surface area contributed by atoms with Crippen molar-refractivity contribution in [1.82, 2.24) is 10.6 Å². The maximum atomic E-state index is 12.3. The molecule has 0 spiro atoms. The largest absolute Gasteiger partial charge is 0.405 e. The summed E-state index contributed by atoms with van der Waals surface area (Å²) < 4.78 is 36.8. The van der Waals surface area contributed by atoms with Crippen molar-refractivity contribution >= 4 is 33.8 Å². The minimum absolute atomic E-state index is 0.000115. The van der Waals surface area contributed by atoms with E-state index in [4.69, 9.17) is 5.73 Å². The van der Waals surface area contributed by atoms with Crippen LogP contribution in [0.15, 0.2) is 0 Å². The fourth-order valence-corrected chi connectivity index (χ4v) is 2.54. The third-order valence-corrected chi connectivity index (χ3v) is 3.55. The number of rotatable bonds is 5. The Morgan fingerprint density at radius 3 is 2.38 bits per heavy atom. The van der Waals surface area contributed by atoms with Crippen molar-refractivity contribution in [3.8, 4) is 0 Å². The molecule has 0 unspecified atom stereocenters. The zero-order valence-electron chi connectivity index (χ0n) is 11.4. The second-order valence-corrected chi connectivity index (χ2v) is 4.98. The number of halogens is 3. The van der Waals surface area contributed by atoms with E-state index in [2.05, 4.69) is 16.0 Å². The number of alkyl halides is 3. The molecule has 0 aliphatic carbocycles. The summed E-state index contributed by atoms with van der Waals surface area (Å²) in [5, 5.41) is 6.77. The Morgan fingerprint density at radius 2 is 1.90 bits per heavy atom. The molecule has 5 N–H and O–H groups in total. The van der Waals surface area contributed by atoms with Crippen LogP contribution in [0.1, 0.15) is 27.0 Å². The first kappa shape index (κ1) is 17.1. The number of hydrogen-bond acceptors (Lipinski definition) is 5. The summed E-state index contributed by atoms with van der Waals surface area (Å²) in [4.78, 5) is 23.5. The van der Waals surface area contributed by atoms with Gasteiger partial charge in [0.05, 0.1) is 11.3 Å². The molecule has 0 radical (unpaired) electrons. The Balaban J connectivity index is 3.18. The lowest BCUT2D eigenvalue weighted by atomic mass is 10.2. The smallest absolute Gasteiger partial charge is 0.397 e. The molecule has 10 heteroatoms. The summed E-state index contributed by atoms with van der Waals surface area (Å²) in [6.45, 7) is 0.687. The molecule has 0 fully saturated rings. The van der Waals surface area contributed by atoms with Crippen molar-refractivity contribution in [2.75, 3.05) is 31.2 Å². The molecular formula is C11H15F3N4O2S. The van der Waals surface area contributed by atoms with Gasteiger partial charge < -0.3 is 21.7 Å². The van der Waals surface area contributed by atoms with Crippen LogP contribution in [0.5, 0.6) is 0 Å². The summed E-state index contributed by atoms with van der Waals surface area (Å²) >= 11 is 0.710. The molecule has 2 amide bonds. The van der Waals surface area contributed by atoms with Gasteiger partial charge in [0.2, 0.25) is 0 Å². The number of anilines is 2. The van der Waals surface area contributed by atoms with Gasteiger partial charge in [-0.25, -0.2) is 0 Å². The molecule has 0 bridgehead atoms. The van der Waals surface area contributed by atoms with Crippen LogP contribution in [0.2, 0.25) is 0 Å². The highest BCUT2D eigenvalue weighted by atomic mass is 32.1. The SMILES string of the molecule is CCNC(=O)c1sc(NCC(F)(F)F)c(C(=O)NC)c1N. The van der Waals surface area contributed by atoms with Crippen LogP contribution in [0, 0.1) is 0 Å². The Bertz CT molecular complexity index is 542. The van der Waals surface area contributed by atoms with Gasteiger partial charge in [-0.15, -0.1) is 11.3 Å². The maximum Gasteiger partial charge on any atom is 0.405 e. The Hall–Kier alpha value is -1.97. The van der Waals surface area contributed by atoms with Gasteiger partial charge in [0.25, 0.3) is 11.8 Å². The number of amides is 2. The summed E-state index contributed by atoms with van der Waals surface area (Å²) in [5.41, 5.74) is 5.42. The number of hydrogen-bond donors (Lipinski definition) is 4. The molecule has 0 aliphatic heterocycles. The van der Waals surface area contributed by atoms with Crippen molar-refractivity contribution in [1.29, 1.82) is 0 Å². The Morgan fingerprint density at radius 1 is 1.29 bits per heavy atom. The molecule has 0 saturated heterocycles. The number of carbonyl (C=O) groups excluding carboxylic acids is 2. The monoisotopic (exact) mass is 324 g/mol. The number of thiophene rings is 1. The van der Waals surface area contributed by atoms with Gasteiger partial charge in [0, 0.05) is 13.6 Å². The second-order valence-electron chi connectivity index (χ2n) is 3.96. The first-order valence-corrected chi connectivity index (χ1v) is 6.76. The number of nitrogens with two attached hydrogens (primary N) is 1. The summed E-state index contributed by atoms with van der Waals surface area (Å²) in [6.07, 6.45) is -4.45. The van der Waals surface area contributed by atoms with Crippen molar-refractivity contribution < 1.29 is 22.8 Å². The molecule has 0 atom stereocenters. The molecule has 118 valence electrons. The lowest BCUT2D eigenvalue weighted by Gasteiger charge is -2.09. The average molecular weight is 324 g/mol. The van der Waals surface area contributed by atoms with E-state index in [1.54, 1.807) is 6.92 Å². The van der Waals surface area contributed by atoms with Gasteiger partial charge in [-0.2, -0.15) is 13.2 Å². The Kier molecular flexibility index (Phi) is 5.41. The number of nitrogen functional groups attached to an aromatic ring is 1. The van der Waals surface area contributed by atoms with Crippen LogP contribution in [-0.4, -0.2) is 38.1 Å². The molecule has 6 nitrogen and oxygen atoms in total. The van der Waals surface area contributed by atoms with Crippen LogP contribution < -0.4 is 21.7 Å². The molecule has 1 rings (SSSR count). The van der Waals surface area contributed by atoms with E-state index in [1.807, 2.05) is 0 Å². The number of carbonyl (C=O) groups is 2. The first-order chi connectivity index (χ1) is 9.71. The predicted molar refractivity (Wildman–Crippen MR) is 74.7 cm³/mol. The van der Waals surface area contributed by atoms with E-state index >= 15 is 0 Å². The van der Waals surface area contributed by atoms with Crippen molar-refractivity contribution in [3.05, 3.63) is 10.4 Å². The van der Waals surface area contributed by atoms with Gasteiger partial charge in [0.1, 0.15) is 16.4 Å². The van der Waals surface area contributed by atoms with Crippen LogP contribution in [0.25, 0.3) is 0 Å². The highest BCUT2D eigenvalue weighted by Crippen LogP contribution is 2.36. The topological polar surface area (TPSA) is 96.2 Å². The van der Waals surface area contributed by atoms with Gasteiger partial charge in [-0.1, -0.05) is 0 Å². The molecule has 1 aromatic rings. The highest BCUT2D eigenvalue weighted by molar-refractivity contribution is 7.19. The summed E-state index contributed by atoms with van der Waals surface area (Å²) in [6, 6.07) is 0. The fraction of sp³-hybridized carbons (Fsp3) is 0.455. The highest BCUT2D eigenvalue weighted by Gasteiger charge is 2.30. The zero-order valence-corrected chi connectivity index (χ0v) is 12.2. The molecule has 0 aromatic carbocycles. The zero-order chi connectivity index (χ0) is 16.2. The van der Waals surface area contributed by atoms with Crippen molar-refractivity contribution in [2.24, 2.45) is 0 Å². The van der Waals surface area contributed by atoms with E-state index in [-0.39, 0.29) is 21.1 Å². The number of nitrogens with one attached hydrogen (secondary N) is 3. The van der Waals surface area contributed by atoms with E-state index in [1.165, 1.54) is 7.05 Å². The summed E-state index contributed by atoms with van der Waals surface area (Å²) in [5.74, 6) is -1.20.